The molecule has 0 N–H and O–H groups in total. The summed E-state index contributed by atoms with van der Waals surface area (Å²) in [6.45, 7) is 1.60. The van der Waals surface area contributed by atoms with Gasteiger partial charge in [0.25, 0.3) is 0 Å². The van der Waals surface area contributed by atoms with E-state index in [9.17, 15) is 18.9 Å². The maximum absolute atomic E-state index is 12.3. The summed E-state index contributed by atoms with van der Waals surface area (Å²) in [5.41, 5.74) is 0. The van der Waals surface area contributed by atoms with Crippen LogP contribution in [0.4, 0.5) is 0 Å². The summed E-state index contributed by atoms with van der Waals surface area (Å²) in [5, 5.41) is 0. The van der Waals surface area contributed by atoms with E-state index >= 15 is 0 Å². The van der Waals surface area contributed by atoms with Gasteiger partial charge in [0.1, 0.15) is 7.60 Å². The summed E-state index contributed by atoms with van der Waals surface area (Å²) in [6, 6.07) is 0. The van der Waals surface area contributed by atoms with E-state index in [1.165, 1.54) is 0 Å². The zero-order chi connectivity index (χ0) is 15.2. The quantitative estimate of drug-likeness (QED) is 0.559. The first-order chi connectivity index (χ1) is 8.60. The topological polar surface area (TPSA) is 98.7 Å². The van der Waals surface area contributed by atoms with Gasteiger partial charge in [0, 0.05) is 12.7 Å². The molecule has 0 spiro atoms. The van der Waals surface area contributed by atoms with Crippen LogP contribution < -0.4 is 9.79 Å². The summed E-state index contributed by atoms with van der Waals surface area (Å²) in [6.07, 6.45) is 0.929. The average Bonchev–Trinajstić information content (AvgIpc) is 2.13. The monoisotopic (exact) mass is 350 g/mol. The second-order valence-corrected chi connectivity index (χ2v) is 12.1. The van der Waals surface area contributed by atoms with Crippen LogP contribution in [0.15, 0.2) is 0 Å². The van der Waals surface area contributed by atoms with Gasteiger partial charge in [-0.1, -0.05) is 39.0 Å². The lowest BCUT2D eigenvalue weighted by molar-refractivity contribution is -0.191. The van der Waals surface area contributed by atoms with E-state index in [0.29, 0.717) is 19.3 Å². The lowest BCUT2D eigenvalue weighted by Crippen LogP contribution is -2.12. The van der Waals surface area contributed by atoms with Gasteiger partial charge < -0.3 is 14.4 Å². The van der Waals surface area contributed by atoms with Crippen molar-refractivity contribution in [1.29, 1.82) is 0 Å². The zero-order valence-corrected chi connectivity index (χ0v) is 14.9. The highest BCUT2D eigenvalue weighted by Crippen LogP contribution is 2.67. The molecule has 0 bridgehead atoms. The first-order valence-corrected chi connectivity index (χ1v) is 12.5. The van der Waals surface area contributed by atoms with Crippen molar-refractivity contribution in [2.75, 3.05) is 18.5 Å². The van der Waals surface area contributed by atoms with E-state index in [-0.39, 0.29) is 18.5 Å². The molecule has 116 valence electrons. The molecule has 3 unspecified atom stereocenters. The Hall–Kier alpha value is 0.950. The first kappa shape index (κ1) is 19.9. The Bertz CT molecular complexity index is 381. The third kappa shape index (κ3) is 8.75. The van der Waals surface area contributed by atoms with Gasteiger partial charge in [-0.15, -0.1) is 0 Å². The molecular formula is C9H21O6P3S-2. The van der Waals surface area contributed by atoms with E-state index in [0.717, 1.165) is 0 Å². The Morgan fingerprint density at radius 2 is 1.37 bits per heavy atom. The Kier molecular flexibility index (Phi) is 8.83. The molecule has 0 saturated carbocycles. The molecule has 0 amide bonds. The van der Waals surface area contributed by atoms with Gasteiger partial charge in [0.15, 0.2) is 0 Å². The normalized spacial score (nSPS) is 21.3. The molecule has 0 aliphatic rings. The predicted molar refractivity (Wildman–Crippen MR) is 77.1 cm³/mol. The smallest absolute Gasteiger partial charge is 0.338 e. The van der Waals surface area contributed by atoms with Gasteiger partial charge in [0.2, 0.25) is 0 Å². The van der Waals surface area contributed by atoms with Gasteiger partial charge in [-0.05, 0) is 19.0 Å². The van der Waals surface area contributed by atoms with Crippen molar-refractivity contribution < 1.29 is 27.5 Å². The third-order valence-corrected chi connectivity index (χ3v) is 10.1. The van der Waals surface area contributed by atoms with Gasteiger partial charge in [-0.25, -0.2) is 0 Å². The average molecular weight is 350 g/mol. The molecular weight excluding hydrogens is 329 g/mol. The summed E-state index contributed by atoms with van der Waals surface area (Å²) < 4.78 is 33.5. The second kappa shape index (κ2) is 8.41. The molecule has 0 radical (unpaired) electrons. The molecule has 0 heterocycles. The number of rotatable bonds is 10. The zero-order valence-electron chi connectivity index (χ0n) is 11.4. The molecule has 19 heavy (non-hydrogen) atoms. The molecule has 0 rings (SSSR count). The fourth-order valence-electron chi connectivity index (χ4n) is 1.38. The fraction of sp³-hybridized carbons (Fsp3) is 1.00. The SMILES string of the molecule is CCCP(=O)([O-])OP(=O)(CCC)OP([O-])(=S)CCC. The highest BCUT2D eigenvalue weighted by atomic mass is 32.5. The van der Waals surface area contributed by atoms with Crippen molar-refractivity contribution in [3.05, 3.63) is 0 Å². The molecule has 0 aromatic carbocycles. The maximum Gasteiger partial charge on any atom is 0.338 e. The van der Waals surface area contributed by atoms with Crippen LogP contribution in [-0.4, -0.2) is 18.5 Å². The Labute approximate surface area is 120 Å². The third-order valence-electron chi connectivity index (χ3n) is 1.99. The molecule has 0 fully saturated rings. The van der Waals surface area contributed by atoms with E-state index in [4.69, 9.17) is 16.1 Å². The van der Waals surface area contributed by atoms with Crippen molar-refractivity contribution in [3.8, 4) is 0 Å². The van der Waals surface area contributed by atoms with Crippen LogP contribution in [0, 0.1) is 0 Å². The first-order valence-electron chi connectivity index (χ1n) is 6.21. The van der Waals surface area contributed by atoms with Crippen molar-refractivity contribution in [1.82, 2.24) is 0 Å². The molecule has 0 aliphatic heterocycles. The summed E-state index contributed by atoms with van der Waals surface area (Å²) in [7, 11) is -8.22. The number of hydrogen-bond donors (Lipinski definition) is 0. The largest absolute Gasteiger partial charge is 0.800 e. The van der Waals surface area contributed by atoms with Crippen LogP contribution >= 0.6 is 21.7 Å². The molecule has 0 aromatic heterocycles. The standard InChI is InChI=1S/C9H23O6P3S/c1-4-7-16(10,11)14-17(12,8-5-2)15-18(13,19)9-6-3/h4-9H2,1-3H3,(H,10,11)(H,13,19)/p-2. The molecule has 6 nitrogen and oxygen atoms in total. The molecule has 0 aliphatic carbocycles. The lowest BCUT2D eigenvalue weighted by atomic mass is 10.6. The molecule has 10 heteroatoms. The molecule has 0 aromatic rings. The molecule has 0 saturated heterocycles. The maximum atomic E-state index is 12.3. The van der Waals surface area contributed by atoms with Crippen LogP contribution in [0.2, 0.25) is 0 Å². The summed E-state index contributed by atoms with van der Waals surface area (Å²) in [5.74, 6) is 0. The lowest BCUT2D eigenvalue weighted by Gasteiger charge is -2.34. The van der Waals surface area contributed by atoms with Crippen LogP contribution in [-0.2, 0) is 29.6 Å². The summed E-state index contributed by atoms with van der Waals surface area (Å²) >= 11 is 4.75. The van der Waals surface area contributed by atoms with Crippen molar-refractivity contribution in [2.45, 2.75) is 40.0 Å². The fourth-order valence-corrected chi connectivity index (χ4v) is 9.21. The van der Waals surface area contributed by atoms with Gasteiger partial charge in [-0.3, -0.25) is 13.2 Å². The van der Waals surface area contributed by atoms with Crippen molar-refractivity contribution in [3.63, 3.8) is 0 Å². The van der Waals surface area contributed by atoms with Crippen LogP contribution in [0.1, 0.15) is 40.0 Å². The minimum atomic E-state index is -4.25. The molecule has 3 atom stereocenters. The van der Waals surface area contributed by atoms with E-state index in [1.54, 1.807) is 20.8 Å². The van der Waals surface area contributed by atoms with Gasteiger partial charge >= 0.3 is 7.60 Å². The van der Waals surface area contributed by atoms with Gasteiger partial charge in [-0.2, -0.15) is 0 Å². The highest BCUT2D eigenvalue weighted by molar-refractivity contribution is 8.10. The Morgan fingerprint density at radius 1 is 0.895 bits per heavy atom. The highest BCUT2D eigenvalue weighted by Gasteiger charge is 2.31. The minimum Gasteiger partial charge on any atom is -0.800 e. The Balaban J connectivity index is 5.01. The Morgan fingerprint density at radius 3 is 1.79 bits per heavy atom. The van der Waals surface area contributed by atoms with Crippen molar-refractivity contribution >= 4 is 33.5 Å². The van der Waals surface area contributed by atoms with Gasteiger partial charge in [0.05, 0.1) is 6.16 Å². The van der Waals surface area contributed by atoms with E-state index in [1.807, 2.05) is 0 Å². The van der Waals surface area contributed by atoms with E-state index < -0.39 is 21.7 Å². The van der Waals surface area contributed by atoms with Crippen molar-refractivity contribution in [2.24, 2.45) is 0 Å². The minimum absolute atomic E-state index is 0.0658. The van der Waals surface area contributed by atoms with Crippen LogP contribution in [0.5, 0.6) is 0 Å². The van der Waals surface area contributed by atoms with Crippen LogP contribution in [0.3, 0.4) is 0 Å². The predicted octanol–water partition coefficient (Wildman–Crippen LogP) is 2.67. The van der Waals surface area contributed by atoms with Crippen LogP contribution in [0.25, 0.3) is 0 Å². The summed E-state index contributed by atoms with van der Waals surface area (Å²) in [4.78, 5) is 23.5. The van der Waals surface area contributed by atoms with E-state index in [2.05, 4.69) is 4.31 Å². The second-order valence-electron chi connectivity index (χ2n) is 4.17. The number of hydrogen-bond acceptors (Lipinski definition) is 7.